The van der Waals surface area contributed by atoms with Crippen LogP contribution >= 0.6 is 0 Å². The first-order chi connectivity index (χ1) is 9.04. The smallest absolute Gasteiger partial charge is 0.130 e. The monoisotopic (exact) mass is 262 g/mol. The molecule has 0 unspecified atom stereocenters. The summed E-state index contributed by atoms with van der Waals surface area (Å²) in [5, 5.41) is 3.58. The predicted octanol–water partition coefficient (Wildman–Crippen LogP) is 2.92. The Kier molecular flexibility index (Phi) is 4.40. The van der Waals surface area contributed by atoms with E-state index in [0.717, 1.165) is 30.3 Å². The highest BCUT2D eigenvalue weighted by atomic mass is 15.1. The predicted molar refractivity (Wildman–Crippen MR) is 79.2 cm³/mol. The van der Waals surface area contributed by atoms with Crippen LogP contribution in [0.4, 0.5) is 5.82 Å². The lowest BCUT2D eigenvalue weighted by Crippen LogP contribution is -2.48. The number of aromatic nitrogens is 2. The molecule has 0 atom stereocenters. The van der Waals surface area contributed by atoms with Gasteiger partial charge in [0.2, 0.25) is 0 Å². The molecule has 1 aromatic rings. The summed E-state index contributed by atoms with van der Waals surface area (Å²) in [6.07, 6.45) is 6.39. The maximum absolute atomic E-state index is 6.02. The summed E-state index contributed by atoms with van der Waals surface area (Å²) in [7, 11) is 0. The van der Waals surface area contributed by atoms with Gasteiger partial charge in [-0.1, -0.05) is 20.8 Å². The lowest BCUT2D eigenvalue weighted by molar-refractivity contribution is 0.271. The van der Waals surface area contributed by atoms with Crippen LogP contribution in [0.25, 0.3) is 0 Å². The van der Waals surface area contributed by atoms with E-state index < -0.39 is 0 Å². The fourth-order valence-corrected chi connectivity index (χ4v) is 2.72. The van der Waals surface area contributed by atoms with E-state index in [9.17, 15) is 0 Å². The van der Waals surface area contributed by atoms with Crippen molar-refractivity contribution in [2.75, 3.05) is 11.9 Å². The molecule has 0 amide bonds. The number of rotatable bonds is 4. The minimum Gasteiger partial charge on any atom is -0.363 e. The molecule has 1 saturated carbocycles. The second-order valence-corrected chi connectivity index (χ2v) is 6.27. The van der Waals surface area contributed by atoms with Crippen molar-refractivity contribution in [1.82, 2.24) is 9.97 Å². The number of nitrogens with two attached hydrogens (primary N) is 1. The Balaban J connectivity index is 2.12. The maximum Gasteiger partial charge on any atom is 0.130 e. The highest BCUT2D eigenvalue weighted by Crippen LogP contribution is 2.33. The Morgan fingerprint density at radius 3 is 2.63 bits per heavy atom. The third kappa shape index (κ3) is 3.44. The molecular weight excluding hydrogens is 236 g/mol. The summed E-state index contributed by atoms with van der Waals surface area (Å²) in [6, 6.07) is 2.06. The number of anilines is 1. The molecule has 0 bridgehead atoms. The Morgan fingerprint density at radius 2 is 2.05 bits per heavy atom. The number of nitrogens with zero attached hydrogens (tertiary/aromatic N) is 2. The zero-order valence-corrected chi connectivity index (χ0v) is 12.3. The zero-order valence-electron chi connectivity index (χ0n) is 12.3. The first kappa shape index (κ1) is 14.3. The molecule has 4 nitrogen and oxygen atoms in total. The van der Waals surface area contributed by atoms with E-state index in [1.165, 1.54) is 12.8 Å². The van der Waals surface area contributed by atoms with Crippen molar-refractivity contribution >= 4 is 5.82 Å². The van der Waals surface area contributed by atoms with Crippen LogP contribution in [0.15, 0.2) is 12.4 Å². The SMILES string of the molecule is CC1CCC(CN)(Nc2cc(C(C)C)ncn2)CC1. The van der Waals surface area contributed by atoms with Crippen molar-refractivity contribution in [3.8, 4) is 0 Å². The first-order valence-electron chi connectivity index (χ1n) is 7.35. The quantitative estimate of drug-likeness (QED) is 0.875. The van der Waals surface area contributed by atoms with Crippen molar-refractivity contribution in [1.29, 1.82) is 0 Å². The second kappa shape index (κ2) is 5.87. The van der Waals surface area contributed by atoms with Crippen LogP contribution in [0, 0.1) is 5.92 Å². The van der Waals surface area contributed by atoms with Crippen LogP contribution in [0.1, 0.15) is 58.1 Å². The van der Waals surface area contributed by atoms with Crippen molar-refractivity contribution in [2.45, 2.75) is 57.9 Å². The Hall–Kier alpha value is -1.16. The largest absolute Gasteiger partial charge is 0.363 e. The average molecular weight is 262 g/mol. The van der Waals surface area contributed by atoms with Crippen LogP contribution in [0.5, 0.6) is 0 Å². The maximum atomic E-state index is 6.02. The topological polar surface area (TPSA) is 63.8 Å². The summed E-state index contributed by atoms with van der Waals surface area (Å²) in [4.78, 5) is 8.66. The summed E-state index contributed by atoms with van der Waals surface area (Å²) in [5.74, 6) is 2.15. The van der Waals surface area contributed by atoms with Crippen LogP contribution in [-0.4, -0.2) is 22.1 Å². The third-order valence-electron chi connectivity index (χ3n) is 4.30. The number of hydrogen-bond donors (Lipinski definition) is 2. The summed E-state index contributed by atoms with van der Waals surface area (Å²) >= 11 is 0. The molecule has 19 heavy (non-hydrogen) atoms. The van der Waals surface area contributed by atoms with Gasteiger partial charge in [0.25, 0.3) is 0 Å². The van der Waals surface area contributed by atoms with E-state index in [1.807, 2.05) is 0 Å². The molecule has 1 heterocycles. The van der Waals surface area contributed by atoms with Gasteiger partial charge in [-0.3, -0.25) is 0 Å². The van der Waals surface area contributed by atoms with Crippen molar-refractivity contribution in [3.63, 3.8) is 0 Å². The molecule has 0 aromatic carbocycles. The Bertz CT molecular complexity index is 408. The second-order valence-electron chi connectivity index (χ2n) is 6.27. The first-order valence-corrected chi connectivity index (χ1v) is 7.35. The fraction of sp³-hybridized carbons (Fsp3) is 0.733. The van der Waals surface area contributed by atoms with Gasteiger partial charge in [-0.15, -0.1) is 0 Å². The molecule has 106 valence electrons. The van der Waals surface area contributed by atoms with E-state index in [0.29, 0.717) is 12.5 Å². The van der Waals surface area contributed by atoms with Gasteiger partial charge in [-0.25, -0.2) is 9.97 Å². The van der Waals surface area contributed by atoms with Gasteiger partial charge < -0.3 is 11.1 Å². The summed E-state index contributed by atoms with van der Waals surface area (Å²) in [6.45, 7) is 7.28. The summed E-state index contributed by atoms with van der Waals surface area (Å²) < 4.78 is 0. The van der Waals surface area contributed by atoms with Gasteiger partial charge in [-0.2, -0.15) is 0 Å². The molecule has 2 rings (SSSR count). The fourth-order valence-electron chi connectivity index (χ4n) is 2.72. The average Bonchev–Trinajstić information content (AvgIpc) is 2.42. The minimum atomic E-state index is 0.0229. The zero-order chi connectivity index (χ0) is 13.9. The van der Waals surface area contributed by atoms with Gasteiger partial charge >= 0.3 is 0 Å². The van der Waals surface area contributed by atoms with Crippen LogP contribution < -0.4 is 11.1 Å². The highest BCUT2D eigenvalue weighted by molar-refractivity contribution is 5.39. The lowest BCUT2D eigenvalue weighted by Gasteiger charge is -2.39. The van der Waals surface area contributed by atoms with Crippen molar-refractivity contribution in [3.05, 3.63) is 18.1 Å². The molecular formula is C15H26N4. The number of hydrogen-bond acceptors (Lipinski definition) is 4. The Labute approximate surface area is 116 Å². The molecule has 0 spiro atoms. The molecule has 1 aliphatic carbocycles. The third-order valence-corrected chi connectivity index (χ3v) is 4.30. The molecule has 1 aliphatic rings. The highest BCUT2D eigenvalue weighted by Gasteiger charge is 2.33. The van der Waals surface area contributed by atoms with Crippen LogP contribution in [0.2, 0.25) is 0 Å². The van der Waals surface area contributed by atoms with Crippen molar-refractivity contribution < 1.29 is 0 Å². The van der Waals surface area contributed by atoms with E-state index in [1.54, 1.807) is 6.33 Å². The molecule has 3 N–H and O–H groups in total. The van der Waals surface area contributed by atoms with Crippen molar-refractivity contribution in [2.24, 2.45) is 11.7 Å². The van der Waals surface area contributed by atoms with E-state index in [-0.39, 0.29) is 5.54 Å². The van der Waals surface area contributed by atoms with Crippen LogP contribution in [-0.2, 0) is 0 Å². The Morgan fingerprint density at radius 1 is 1.37 bits per heavy atom. The molecule has 0 aliphatic heterocycles. The lowest BCUT2D eigenvalue weighted by atomic mass is 9.77. The van der Waals surface area contributed by atoms with Gasteiger partial charge in [0.15, 0.2) is 0 Å². The van der Waals surface area contributed by atoms with Gasteiger partial charge in [-0.05, 0) is 37.5 Å². The van der Waals surface area contributed by atoms with E-state index >= 15 is 0 Å². The standard InChI is InChI=1S/C15H26N4/c1-11(2)13-8-14(18-10-17-13)19-15(9-16)6-4-12(3)5-7-15/h8,10-12H,4-7,9,16H2,1-3H3,(H,17,18,19). The molecule has 1 aromatic heterocycles. The van der Waals surface area contributed by atoms with Gasteiger partial charge in [0.05, 0.1) is 5.54 Å². The van der Waals surface area contributed by atoms with Gasteiger partial charge in [0, 0.05) is 18.3 Å². The van der Waals surface area contributed by atoms with Crippen LogP contribution in [0.3, 0.4) is 0 Å². The molecule has 1 fully saturated rings. The van der Waals surface area contributed by atoms with Gasteiger partial charge in [0.1, 0.15) is 12.1 Å². The summed E-state index contributed by atoms with van der Waals surface area (Å²) in [5.41, 5.74) is 7.12. The normalized spacial score (nSPS) is 27.5. The molecule has 0 saturated heterocycles. The molecule has 0 radical (unpaired) electrons. The minimum absolute atomic E-state index is 0.0229. The number of nitrogens with one attached hydrogen (secondary N) is 1. The van der Waals surface area contributed by atoms with E-state index in [2.05, 4.69) is 42.1 Å². The van der Waals surface area contributed by atoms with E-state index in [4.69, 9.17) is 5.73 Å². The molecule has 4 heteroatoms.